The van der Waals surface area contributed by atoms with Gasteiger partial charge in [0.15, 0.2) is 5.96 Å². The molecule has 0 aliphatic heterocycles. The predicted molar refractivity (Wildman–Crippen MR) is 111 cm³/mol. The highest BCUT2D eigenvalue weighted by Crippen LogP contribution is 2.18. The second kappa shape index (κ2) is 9.32. The van der Waals surface area contributed by atoms with Crippen molar-refractivity contribution in [2.24, 2.45) is 4.99 Å². The molecular weight excluding hydrogens is 356 g/mol. The highest BCUT2D eigenvalue weighted by atomic mass is 32.1. The summed E-state index contributed by atoms with van der Waals surface area (Å²) in [7, 11) is 0. The Morgan fingerprint density at radius 2 is 2.11 bits per heavy atom. The van der Waals surface area contributed by atoms with E-state index >= 15 is 0 Å². The van der Waals surface area contributed by atoms with Crippen LogP contribution >= 0.6 is 11.3 Å². The van der Waals surface area contributed by atoms with Crippen molar-refractivity contribution in [3.63, 3.8) is 0 Å². The van der Waals surface area contributed by atoms with Gasteiger partial charge in [-0.3, -0.25) is 0 Å². The van der Waals surface area contributed by atoms with E-state index in [4.69, 9.17) is 4.99 Å². The third kappa shape index (κ3) is 5.17. The first kappa shape index (κ1) is 19.1. The fourth-order valence-corrected chi connectivity index (χ4v) is 3.53. The van der Waals surface area contributed by atoms with Gasteiger partial charge in [-0.25, -0.2) is 15.0 Å². The Kier molecular flexibility index (Phi) is 6.59. The number of benzene rings is 1. The number of aromatic nitrogens is 3. The Morgan fingerprint density at radius 1 is 1.26 bits per heavy atom. The zero-order valence-corrected chi connectivity index (χ0v) is 16.8. The molecule has 0 atom stereocenters. The van der Waals surface area contributed by atoms with E-state index in [-0.39, 0.29) is 0 Å². The van der Waals surface area contributed by atoms with Crippen LogP contribution in [0.1, 0.15) is 43.0 Å². The first-order chi connectivity index (χ1) is 13.2. The second-order valence-electron chi connectivity index (χ2n) is 6.47. The quantitative estimate of drug-likeness (QED) is 0.483. The zero-order valence-electron chi connectivity index (χ0n) is 16.0. The molecule has 2 heterocycles. The fourth-order valence-electron chi connectivity index (χ4n) is 2.63. The topological polar surface area (TPSA) is 67.1 Å². The molecule has 7 heteroatoms. The van der Waals surface area contributed by atoms with Crippen LogP contribution in [-0.2, 0) is 13.1 Å². The summed E-state index contributed by atoms with van der Waals surface area (Å²) in [6, 6.07) is 8.24. The number of rotatable bonds is 7. The summed E-state index contributed by atoms with van der Waals surface area (Å²) in [4.78, 5) is 13.6. The zero-order chi connectivity index (χ0) is 19.1. The summed E-state index contributed by atoms with van der Waals surface area (Å²) in [5, 5.41) is 9.89. The van der Waals surface area contributed by atoms with Gasteiger partial charge >= 0.3 is 0 Å². The Labute approximate surface area is 164 Å². The number of nitrogens with one attached hydrogen (secondary N) is 2. The van der Waals surface area contributed by atoms with Gasteiger partial charge in [0.2, 0.25) is 0 Å². The van der Waals surface area contributed by atoms with Crippen LogP contribution < -0.4 is 10.6 Å². The number of thiazole rings is 1. The van der Waals surface area contributed by atoms with Crippen LogP contribution in [0.4, 0.5) is 0 Å². The molecule has 0 bridgehead atoms. The van der Waals surface area contributed by atoms with Gasteiger partial charge in [0.05, 0.1) is 30.8 Å². The molecule has 0 aliphatic carbocycles. The van der Waals surface area contributed by atoms with E-state index in [1.807, 2.05) is 22.9 Å². The monoisotopic (exact) mass is 382 g/mol. The molecule has 2 N–H and O–H groups in total. The molecule has 0 aliphatic rings. The van der Waals surface area contributed by atoms with Gasteiger partial charge in [-0.15, -0.1) is 11.3 Å². The number of hydrogen-bond acceptors (Lipinski definition) is 4. The third-order valence-electron chi connectivity index (χ3n) is 4.09. The minimum Gasteiger partial charge on any atom is -0.357 e. The van der Waals surface area contributed by atoms with E-state index in [1.54, 1.807) is 23.9 Å². The van der Waals surface area contributed by atoms with Crippen LogP contribution in [0, 0.1) is 0 Å². The minimum absolute atomic E-state index is 0.455. The SMILES string of the molecule is CCNC(=NCc1ccccc1-n1ccnc1)NCc1nc(C(C)C)cs1. The molecule has 0 saturated heterocycles. The van der Waals surface area contributed by atoms with E-state index in [9.17, 15) is 0 Å². The summed E-state index contributed by atoms with van der Waals surface area (Å²) < 4.78 is 2.01. The molecule has 0 fully saturated rings. The van der Waals surface area contributed by atoms with Crippen molar-refractivity contribution in [2.45, 2.75) is 39.8 Å². The van der Waals surface area contributed by atoms with Gasteiger partial charge in [0.25, 0.3) is 0 Å². The molecule has 142 valence electrons. The molecule has 0 saturated carbocycles. The molecule has 0 spiro atoms. The van der Waals surface area contributed by atoms with Gasteiger partial charge in [-0.1, -0.05) is 32.0 Å². The van der Waals surface area contributed by atoms with Crippen LogP contribution in [0.3, 0.4) is 0 Å². The average Bonchev–Trinajstić information content (AvgIpc) is 3.36. The van der Waals surface area contributed by atoms with E-state index in [0.717, 1.165) is 34.5 Å². The minimum atomic E-state index is 0.455. The summed E-state index contributed by atoms with van der Waals surface area (Å²) in [6.07, 6.45) is 5.53. The number of aliphatic imine (C=N–C) groups is 1. The third-order valence-corrected chi connectivity index (χ3v) is 4.96. The number of hydrogen-bond donors (Lipinski definition) is 2. The van der Waals surface area contributed by atoms with Crippen LogP contribution in [0.5, 0.6) is 0 Å². The Bertz CT molecular complexity index is 866. The summed E-state index contributed by atoms with van der Waals surface area (Å²) in [5.74, 6) is 1.25. The predicted octanol–water partition coefficient (Wildman–Crippen LogP) is 3.71. The fraction of sp³-hybridized carbons (Fsp3) is 0.350. The van der Waals surface area contributed by atoms with Crippen molar-refractivity contribution in [2.75, 3.05) is 6.54 Å². The molecule has 3 aromatic rings. The molecule has 1 aromatic carbocycles. The highest BCUT2D eigenvalue weighted by Gasteiger charge is 2.07. The van der Waals surface area contributed by atoms with Crippen LogP contribution in [0.15, 0.2) is 53.4 Å². The molecule has 6 nitrogen and oxygen atoms in total. The van der Waals surface area contributed by atoms with Gasteiger partial charge in [-0.05, 0) is 24.5 Å². The van der Waals surface area contributed by atoms with Crippen molar-refractivity contribution in [1.29, 1.82) is 0 Å². The maximum absolute atomic E-state index is 4.75. The average molecular weight is 383 g/mol. The lowest BCUT2D eigenvalue weighted by Gasteiger charge is -2.12. The van der Waals surface area contributed by atoms with Crippen molar-refractivity contribution < 1.29 is 0 Å². The lowest BCUT2D eigenvalue weighted by atomic mass is 10.2. The van der Waals surface area contributed by atoms with Gasteiger partial charge in [-0.2, -0.15) is 0 Å². The number of imidazole rings is 1. The van der Waals surface area contributed by atoms with E-state index < -0.39 is 0 Å². The summed E-state index contributed by atoms with van der Waals surface area (Å²) in [5.41, 5.74) is 3.38. The van der Waals surface area contributed by atoms with Gasteiger partial charge < -0.3 is 15.2 Å². The van der Waals surface area contributed by atoms with Crippen molar-refractivity contribution in [3.05, 3.63) is 64.6 Å². The lowest BCUT2D eigenvalue weighted by Crippen LogP contribution is -2.36. The molecule has 0 radical (unpaired) electrons. The largest absolute Gasteiger partial charge is 0.357 e. The lowest BCUT2D eigenvalue weighted by molar-refractivity contribution is 0.787. The Balaban J connectivity index is 1.69. The van der Waals surface area contributed by atoms with Gasteiger partial charge in [0, 0.05) is 24.3 Å². The van der Waals surface area contributed by atoms with E-state index in [0.29, 0.717) is 19.0 Å². The molecule has 0 amide bonds. The van der Waals surface area contributed by atoms with Crippen LogP contribution in [-0.4, -0.2) is 27.0 Å². The van der Waals surface area contributed by atoms with Crippen LogP contribution in [0.2, 0.25) is 0 Å². The Hall–Kier alpha value is -2.67. The standard InChI is InChI=1S/C20H26N6S/c1-4-22-20(24-12-19-25-17(13-27-19)15(2)3)23-11-16-7-5-6-8-18(16)26-10-9-21-14-26/h5-10,13-15H,4,11-12H2,1-3H3,(H2,22,23,24). The molecule has 27 heavy (non-hydrogen) atoms. The Morgan fingerprint density at radius 3 is 2.81 bits per heavy atom. The van der Waals surface area contributed by atoms with Crippen molar-refractivity contribution in [1.82, 2.24) is 25.2 Å². The molecule has 3 rings (SSSR count). The van der Waals surface area contributed by atoms with E-state index in [1.165, 1.54) is 0 Å². The van der Waals surface area contributed by atoms with Crippen molar-refractivity contribution in [3.8, 4) is 5.69 Å². The summed E-state index contributed by atoms with van der Waals surface area (Å²) >= 11 is 1.69. The molecular formula is C20H26N6S. The maximum Gasteiger partial charge on any atom is 0.191 e. The first-order valence-corrected chi connectivity index (χ1v) is 10.1. The number of para-hydroxylation sites is 1. The second-order valence-corrected chi connectivity index (χ2v) is 7.41. The van der Waals surface area contributed by atoms with Crippen LogP contribution in [0.25, 0.3) is 5.69 Å². The molecule has 0 unspecified atom stereocenters. The van der Waals surface area contributed by atoms with Crippen molar-refractivity contribution >= 4 is 17.3 Å². The van der Waals surface area contributed by atoms with E-state index in [2.05, 4.69) is 58.9 Å². The number of guanidine groups is 1. The smallest absolute Gasteiger partial charge is 0.191 e. The van der Waals surface area contributed by atoms with Gasteiger partial charge in [0.1, 0.15) is 5.01 Å². The first-order valence-electron chi connectivity index (χ1n) is 9.20. The summed E-state index contributed by atoms with van der Waals surface area (Å²) in [6.45, 7) is 8.46. The number of nitrogens with zero attached hydrogens (tertiary/aromatic N) is 4. The normalized spacial score (nSPS) is 11.8. The maximum atomic E-state index is 4.75. The highest BCUT2D eigenvalue weighted by molar-refractivity contribution is 7.09. The molecule has 2 aromatic heterocycles.